The average Bonchev–Trinajstić information content (AvgIpc) is 2.43. The van der Waals surface area contributed by atoms with Crippen LogP contribution < -0.4 is 10.1 Å². The van der Waals surface area contributed by atoms with Gasteiger partial charge in [-0.3, -0.25) is 0 Å². The maximum absolute atomic E-state index is 5.81. The number of benzene rings is 2. The molecule has 0 fully saturated rings. The van der Waals surface area contributed by atoms with Crippen LogP contribution in [0.25, 0.3) is 0 Å². The summed E-state index contributed by atoms with van der Waals surface area (Å²) in [4.78, 5) is 0. The first kappa shape index (κ1) is 15.4. The predicted octanol–water partition coefficient (Wildman–Crippen LogP) is 4.92. The van der Waals surface area contributed by atoms with Gasteiger partial charge in [-0.25, -0.2) is 0 Å². The summed E-state index contributed by atoms with van der Waals surface area (Å²) in [6.07, 6.45) is 0. The molecular weight excluding hydrogens is 258 g/mol. The number of ether oxygens (including phenoxy) is 1. The van der Waals surface area contributed by atoms with E-state index in [1.54, 1.807) is 0 Å². The summed E-state index contributed by atoms with van der Waals surface area (Å²) < 4.78 is 5.81. The van der Waals surface area contributed by atoms with Crippen LogP contribution in [0, 0.1) is 13.8 Å². The van der Waals surface area contributed by atoms with Crippen LogP contribution in [-0.2, 0) is 0 Å². The van der Waals surface area contributed by atoms with Crippen LogP contribution in [0.2, 0.25) is 0 Å². The molecule has 0 aliphatic carbocycles. The molecule has 2 rings (SSSR count). The zero-order valence-electron chi connectivity index (χ0n) is 13.4. The number of aryl methyl sites for hydroxylation is 2. The van der Waals surface area contributed by atoms with Crippen molar-refractivity contribution in [2.24, 2.45) is 0 Å². The molecule has 0 saturated carbocycles. The molecule has 0 saturated heterocycles. The molecule has 2 nitrogen and oxygen atoms in total. The van der Waals surface area contributed by atoms with E-state index in [2.05, 4.69) is 75.5 Å². The number of rotatable bonds is 6. The number of anilines is 1. The molecule has 21 heavy (non-hydrogen) atoms. The zero-order chi connectivity index (χ0) is 15.2. The van der Waals surface area contributed by atoms with Gasteiger partial charge in [-0.05, 0) is 60.7 Å². The van der Waals surface area contributed by atoms with Gasteiger partial charge in [0.05, 0.1) is 0 Å². The summed E-state index contributed by atoms with van der Waals surface area (Å²) >= 11 is 0. The number of nitrogens with one attached hydrogen (secondary N) is 1. The van der Waals surface area contributed by atoms with Crippen molar-refractivity contribution in [1.82, 2.24) is 0 Å². The highest BCUT2D eigenvalue weighted by atomic mass is 16.5. The molecule has 0 spiro atoms. The van der Waals surface area contributed by atoms with Crippen LogP contribution >= 0.6 is 0 Å². The molecule has 2 heteroatoms. The molecule has 0 amide bonds. The average molecular weight is 283 g/mol. The predicted molar refractivity (Wildman–Crippen MR) is 90.4 cm³/mol. The molecule has 2 aromatic carbocycles. The Morgan fingerprint density at radius 1 is 1.05 bits per heavy atom. The van der Waals surface area contributed by atoms with Gasteiger partial charge in [0.2, 0.25) is 0 Å². The van der Waals surface area contributed by atoms with Gasteiger partial charge in [-0.2, -0.15) is 0 Å². The molecule has 0 aliphatic rings. The SMILES string of the molecule is Cc1cccc(NCCOc2ccc(C(C)C)c(C)c2)c1. The van der Waals surface area contributed by atoms with Crippen molar-refractivity contribution in [1.29, 1.82) is 0 Å². The van der Waals surface area contributed by atoms with Gasteiger partial charge in [0.25, 0.3) is 0 Å². The summed E-state index contributed by atoms with van der Waals surface area (Å²) in [5.41, 5.74) is 5.10. The first-order valence-corrected chi connectivity index (χ1v) is 7.60. The second-order valence-electron chi connectivity index (χ2n) is 5.82. The second-order valence-corrected chi connectivity index (χ2v) is 5.82. The Labute approximate surface area is 128 Å². The topological polar surface area (TPSA) is 21.3 Å². The molecule has 0 atom stereocenters. The minimum atomic E-state index is 0.557. The van der Waals surface area contributed by atoms with E-state index in [0.717, 1.165) is 18.0 Å². The quantitative estimate of drug-likeness (QED) is 0.760. The van der Waals surface area contributed by atoms with E-state index in [-0.39, 0.29) is 0 Å². The fourth-order valence-electron chi connectivity index (χ4n) is 2.51. The fraction of sp³-hybridized carbons (Fsp3) is 0.368. The van der Waals surface area contributed by atoms with Crippen LogP contribution in [-0.4, -0.2) is 13.2 Å². The van der Waals surface area contributed by atoms with Crippen molar-refractivity contribution in [3.63, 3.8) is 0 Å². The summed E-state index contributed by atoms with van der Waals surface area (Å²) in [7, 11) is 0. The third kappa shape index (κ3) is 4.52. The van der Waals surface area contributed by atoms with E-state index in [4.69, 9.17) is 4.74 Å². The van der Waals surface area contributed by atoms with E-state index in [1.807, 2.05) is 0 Å². The molecule has 0 aliphatic heterocycles. The lowest BCUT2D eigenvalue weighted by Gasteiger charge is -2.13. The zero-order valence-corrected chi connectivity index (χ0v) is 13.4. The van der Waals surface area contributed by atoms with Crippen molar-refractivity contribution >= 4 is 5.69 Å². The maximum Gasteiger partial charge on any atom is 0.119 e. The Hall–Kier alpha value is -1.96. The van der Waals surface area contributed by atoms with E-state index in [9.17, 15) is 0 Å². The highest BCUT2D eigenvalue weighted by Crippen LogP contribution is 2.23. The summed E-state index contributed by atoms with van der Waals surface area (Å²) in [5, 5.41) is 3.37. The van der Waals surface area contributed by atoms with Gasteiger partial charge < -0.3 is 10.1 Å². The Balaban J connectivity index is 1.82. The molecule has 0 aromatic heterocycles. The van der Waals surface area contributed by atoms with Crippen molar-refractivity contribution in [2.75, 3.05) is 18.5 Å². The van der Waals surface area contributed by atoms with Gasteiger partial charge in [-0.15, -0.1) is 0 Å². The van der Waals surface area contributed by atoms with E-state index in [0.29, 0.717) is 12.5 Å². The van der Waals surface area contributed by atoms with Gasteiger partial charge in [0.1, 0.15) is 12.4 Å². The highest BCUT2D eigenvalue weighted by Gasteiger charge is 2.04. The van der Waals surface area contributed by atoms with Crippen molar-refractivity contribution in [2.45, 2.75) is 33.6 Å². The third-order valence-electron chi connectivity index (χ3n) is 3.58. The van der Waals surface area contributed by atoms with E-state index >= 15 is 0 Å². The molecule has 2 aromatic rings. The summed E-state index contributed by atoms with van der Waals surface area (Å²) in [6.45, 7) is 10.1. The first-order chi connectivity index (χ1) is 10.1. The van der Waals surface area contributed by atoms with Gasteiger partial charge in [-0.1, -0.05) is 32.0 Å². The summed E-state index contributed by atoms with van der Waals surface area (Å²) in [6, 6.07) is 14.7. The van der Waals surface area contributed by atoms with Crippen LogP contribution in [0.4, 0.5) is 5.69 Å². The summed E-state index contributed by atoms with van der Waals surface area (Å²) in [5.74, 6) is 1.50. The molecule has 0 heterocycles. The molecule has 0 unspecified atom stereocenters. The van der Waals surface area contributed by atoms with Gasteiger partial charge in [0.15, 0.2) is 0 Å². The lowest BCUT2D eigenvalue weighted by Crippen LogP contribution is -2.11. The second kappa shape index (κ2) is 7.16. The number of hydrogen-bond donors (Lipinski definition) is 1. The smallest absolute Gasteiger partial charge is 0.119 e. The first-order valence-electron chi connectivity index (χ1n) is 7.60. The molecule has 0 bridgehead atoms. The Bertz CT molecular complexity index is 590. The molecule has 1 N–H and O–H groups in total. The lowest BCUT2D eigenvalue weighted by molar-refractivity contribution is 0.332. The van der Waals surface area contributed by atoms with Crippen LogP contribution in [0.1, 0.15) is 36.5 Å². The standard InChI is InChI=1S/C19H25NO/c1-14(2)19-9-8-18(13-16(19)4)21-11-10-20-17-7-5-6-15(3)12-17/h5-9,12-14,20H,10-11H2,1-4H3. The fourth-order valence-corrected chi connectivity index (χ4v) is 2.51. The Kier molecular flexibility index (Phi) is 5.26. The van der Waals surface area contributed by atoms with Gasteiger partial charge >= 0.3 is 0 Å². The molecule has 0 radical (unpaired) electrons. The minimum Gasteiger partial charge on any atom is -0.492 e. The molecular formula is C19H25NO. The monoisotopic (exact) mass is 283 g/mol. The Morgan fingerprint density at radius 3 is 2.52 bits per heavy atom. The van der Waals surface area contributed by atoms with Crippen LogP contribution in [0.5, 0.6) is 5.75 Å². The van der Waals surface area contributed by atoms with Crippen molar-refractivity contribution in [3.05, 3.63) is 59.2 Å². The normalized spacial score (nSPS) is 10.7. The van der Waals surface area contributed by atoms with E-state index in [1.165, 1.54) is 16.7 Å². The van der Waals surface area contributed by atoms with Crippen molar-refractivity contribution in [3.8, 4) is 5.75 Å². The minimum absolute atomic E-state index is 0.557. The van der Waals surface area contributed by atoms with E-state index < -0.39 is 0 Å². The van der Waals surface area contributed by atoms with Crippen molar-refractivity contribution < 1.29 is 4.74 Å². The third-order valence-corrected chi connectivity index (χ3v) is 3.58. The highest BCUT2D eigenvalue weighted by molar-refractivity contribution is 5.45. The van der Waals surface area contributed by atoms with Gasteiger partial charge in [0, 0.05) is 12.2 Å². The van der Waals surface area contributed by atoms with Crippen LogP contribution in [0.15, 0.2) is 42.5 Å². The maximum atomic E-state index is 5.81. The number of hydrogen-bond acceptors (Lipinski definition) is 2. The molecule has 112 valence electrons. The Morgan fingerprint density at radius 2 is 1.86 bits per heavy atom. The largest absolute Gasteiger partial charge is 0.492 e. The lowest BCUT2D eigenvalue weighted by atomic mass is 9.98. The van der Waals surface area contributed by atoms with Crippen LogP contribution in [0.3, 0.4) is 0 Å².